The standard InChI is InChI=1S/C22H26FN7O3/c1-12(2)27-18-8-19(30-20-17(23)7-13(9-24)10-26-20)25-11-16(18)21(31)28-14-3-5-15(6-4-14)29-22(32)33/h7-8,10-12,14-15,29H,3-6H2,1-2H3,(H,28,31)(H,32,33)(H2,25,26,27,30). The van der Waals surface area contributed by atoms with Crippen molar-refractivity contribution in [1.29, 1.82) is 5.26 Å². The number of nitrogens with one attached hydrogen (secondary N) is 4. The van der Waals surface area contributed by atoms with E-state index >= 15 is 0 Å². The fourth-order valence-corrected chi connectivity index (χ4v) is 3.67. The van der Waals surface area contributed by atoms with E-state index in [1.807, 2.05) is 19.9 Å². The lowest BCUT2D eigenvalue weighted by Crippen LogP contribution is -2.43. The molecular formula is C22H26FN7O3. The Morgan fingerprint density at radius 3 is 2.36 bits per heavy atom. The molecule has 0 unspecified atom stereocenters. The first-order valence-corrected chi connectivity index (χ1v) is 10.6. The van der Waals surface area contributed by atoms with Crippen LogP contribution in [0, 0.1) is 17.1 Å². The average molecular weight is 455 g/mol. The second-order valence-corrected chi connectivity index (χ2v) is 8.18. The van der Waals surface area contributed by atoms with Crippen LogP contribution in [-0.4, -0.2) is 45.2 Å². The van der Waals surface area contributed by atoms with Crippen LogP contribution in [-0.2, 0) is 0 Å². The monoisotopic (exact) mass is 455 g/mol. The molecule has 1 saturated carbocycles. The van der Waals surface area contributed by atoms with Gasteiger partial charge >= 0.3 is 6.09 Å². The van der Waals surface area contributed by atoms with Gasteiger partial charge in [0.1, 0.15) is 11.9 Å². The molecule has 1 aliphatic carbocycles. The summed E-state index contributed by atoms with van der Waals surface area (Å²) in [5.41, 5.74) is 0.969. The maximum atomic E-state index is 14.2. The van der Waals surface area contributed by atoms with Crippen LogP contribution in [0.1, 0.15) is 55.5 Å². The molecule has 0 bridgehead atoms. The van der Waals surface area contributed by atoms with Gasteiger partial charge < -0.3 is 26.4 Å². The Morgan fingerprint density at radius 2 is 1.79 bits per heavy atom. The number of rotatable bonds is 7. The van der Waals surface area contributed by atoms with Crippen molar-refractivity contribution in [3.05, 3.63) is 41.5 Å². The predicted octanol–water partition coefficient (Wildman–Crippen LogP) is 3.36. The Morgan fingerprint density at radius 1 is 1.12 bits per heavy atom. The number of pyridine rings is 2. The van der Waals surface area contributed by atoms with Crippen LogP contribution in [0.3, 0.4) is 0 Å². The Kier molecular flexibility index (Phi) is 7.61. The highest BCUT2D eigenvalue weighted by atomic mass is 19.1. The molecule has 2 amide bonds. The second-order valence-electron chi connectivity index (χ2n) is 8.18. The molecule has 5 N–H and O–H groups in total. The van der Waals surface area contributed by atoms with Gasteiger partial charge in [-0.25, -0.2) is 19.2 Å². The SMILES string of the molecule is CC(C)Nc1cc(Nc2ncc(C#N)cc2F)ncc1C(=O)NC1CCC(NC(=O)O)CC1. The average Bonchev–Trinajstić information content (AvgIpc) is 2.76. The molecule has 3 rings (SSSR count). The summed E-state index contributed by atoms with van der Waals surface area (Å²) < 4.78 is 14.2. The Labute approximate surface area is 190 Å². The Bertz CT molecular complexity index is 1060. The highest BCUT2D eigenvalue weighted by Crippen LogP contribution is 2.24. The number of amides is 2. The molecule has 1 fully saturated rings. The molecule has 0 spiro atoms. The highest BCUT2D eigenvalue weighted by molar-refractivity contribution is 6.00. The van der Waals surface area contributed by atoms with Crippen molar-refractivity contribution in [3.8, 4) is 6.07 Å². The molecule has 174 valence electrons. The number of hydrogen-bond donors (Lipinski definition) is 5. The van der Waals surface area contributed by atoms with Crippen LogP contribution in [0.25, 0.3) is 0 Å². The molecule has 2 aromatic rings. The van der Waals surface area contributed by atoms with E-state index in [-0.39, 0.29) is 41.2 Å². The van der Waals surface area contributed by atoms with Crippen LogP contribution in [0.4, 0.5) is 26.5 Å². The number of anilines is 3. The molecule has 0 saturated heterocycles. The Balaban J connectivity index is 1.72. The Hall–Kier alpha value is -3.94. The topological polar surface area (TPSA) is 152 Å². The molecule has 2 aromatic heterocycles. The molecule has 0 aliphatic heterocycles. The lowest BCUT2D eigenvalue weighted by atomic mass is 9.91. The van der Waals surface area contributed by atoms with E-state index in [1.54, 1.807) is 6.07 Å². The third-order valence-corrected chi connectivity index (χ3v) is 5.20. The molecule has 33 heavy (non-hydrogen) atoms. The molecule has 0 radical (unpaired) electrons. The zero-order valence-corrected chi connectivity index (χ0v) is 18.4. The maximum absolute atomic E-state index is 14.2. The van der Waals surface area contributed by atoms with Crippen molar-refractivity contribution in [1.82, 2.24) is 20.6 Å². The summed E-state index contributed by atoms with van der Waals surface area (Å²) in [5.74, 6) is -0.787. The summed E-state index contributed by atoms with van der Waals surface area (Å²) in [6, 6.07) is 4.36. The lowest BCUT2D eigenvalue weighted by Gasteiger charge is -2.29. The van der Waals surface area contributed by atoms with Crippen LogP contribution < -0.4 is 21.3 Å². The molecule has 11 heteroatoms. The minimum absolute atomic E-state index is 0.0223. The third kappa shape index (κ3) is 6.52. The van der Waals surface area contributed by atoms with Crippen molar-refractivity contribution >= 4 is 29.3 Å². The first-order chi connectivity index (χ1) is 15.7. The van der Waals surface area contributed by atoms with Gasteiger partial charge in [0.2, 0.25) is 0 Å². The van der Waals surface area contributed by atoms with E-state index in [4.69, 9.17) is 10.4 Å². The van der Waals surface area contributed by atoms with E-state index < -0.39 is 11.9 Å². The fraction of sp³-hybridized carbons (Fsp3) is 0.409. The summed E-state index contributed by atoms with van der Waals surface area (Å²) in [4.78, 5) is 31.9. The quantitative estimate of drug-likeness (QED) is 0.426. The largest absolute Gasteiger partial charge is 0.465 e. The van der Waals surface area contributed by atoms with Gasteiger partial charge in [-0.1, -0.05) is 0 Å². The predicted molar refractivity (Wildman–Crippen MR) is 120 cm³/mol. The number of halogens is 1. The third-order valence-electron chi connectivity index (χ3n) is 5.20. The fourth-order valence-electron chi connectivity index (χ4n) is 3.67. The van der Waals surface area contributed by atoms with E-state index in [1.165, 1.54) is 12.4 Å². The molecule has 0 aromatic carbocycles. The van der Waals surface area contributed by atoms with Gasteiger partial charge in [0, 0.05) is 36.6 Å². The maximum Gasteiger partial charge on any atom is 0.404 e. The van der Waals surface area contributed by atoms with Gasteiger partial charge in [-0.3, -0.25) is 4.79 Å². The van der Waals surface area contributed by atoms with Gasteiger partial charge in [0.25, 0.3) is 5.91 Å². The van der Waals surface area contributed by atoms with E-state index in [2.05, 4.69) is 31.2 Å². The lowest BCUT2D eigenvalue weighted by molar-refractivity contribution is 0.0923. The highest BCUT2D eigenvalue weighted by Gasteiger charge is 2.25. The zero-order valence-electron chi connectivity index (χ0n) is 18.4. The van der Waals surface area contributed by atoms with E-state index in [0.717, 1.165) is 6.07 Å². The van der Waals surface area contributed by atoms with Crippen molar-refractivity contribution in [3.63, 3.8) is 0 Å². The van der Waals surface area contributed by atoms with Gasteiger partial charge in [0.05, 0.1) is 16.8 Å². The minimum atomic E-state index is -1.04. The molecular weight excluding hydrogens is 429 g/mol. The van der Waals surface area contributed by atoms with Gasteiger partial charge in [-0.05, 0) is 45.6 Å². The van der Waals surface area contributed by atoms with Crippen molar-refractivity contribution in [2.24, 2.45) is 0 Å². The summed E-state index contributed by atoms with van der Waals surface area (Å²) in [6.07, 6.45) is 4.25. The summed E-state index contributed by atoms with van der Waals surface area (Å²) in [5, 5.41) is 29.2. The smallest absolute Gasteiger partial charge is 0.404 e. The normalized spacial score (nSPS) is 17.7. The summed E-state index contributed by atoms with van der Waals surface area (Å²) in [7, 11) is 0. The van der Waals surface area contributed by atoms with Crippen molar-refractivity contribution in [2.75, 3.05) is 10.6 Å². The zero-order chi connectivity index (χ0) is 24.0. The van der Waals surface area contributed by atoms with Gasteiger partial charge in [-0.15, -0.1) is 0 Å². The molecule has 0 atom stereocenters. The summed E-state index contributed by atoms with van der Waals surface area (Å²) >= 11 is 0. The van der Waals surface area contributed by atoms with Crippen LogP contribution in [0.5, 0.6) is 0 Å². The molecule has 10 nitrogen and oxygen atoms in total. The molecule has 1 aliphatic rings. The van der Waals surface area contributed by atoms with E-state index in [0.29, 0.717) is 36.9 Å². The molecule has 2 heterocycles. The number of carbonyl (C=O) groups is 2. The minimum Gasteiger partial charge on any atom is -0.465 e. The van der Waals surface area contributed by atoms with E-state index in [9.17, 15) is 14.0 Å². The second kappa shape index (κ2) is 10.6. The first-order valence-electron chi connectivity index (χ1n) is 10.6. The van der Waals surface area contributed by atoms with Crippen molar-refractivity contribution in [2.45, 2.75) is 57.7 Å². The summed E-state index contributed by atoms with van der Waals surface area (Å²) in [6.45, 7) is 3.85. The first kappa shape index (κ1) is 23.7. The number of carbonyl (C=O) groups excluding carboxylic acids is 1. The number of hydrogen-bond acceptors (Lipinski definition) is 7. The number of aromatic nitrogens is 2. The number of nitriles is 1. The van der Waals surface area contributed by atoms with Crippen LogP contribution in [0.15, 0.2) is 24.5 Å². The van der Waals surface area contributed by atoms with Crippen LogP contribution >= 0.6 is 0 Å². The van der Waals surface area contributed by atoms with Crippen LogP contribution in [0.2, 0.25) is 0 Å². The van der Waals surface area contributed by atoms with Gasteiger partial charge in [-0.2, -0.15) is 5.26 Å². The van der Waals surface area contributed by atoms with Crippen molar-refractivity contribution < 1.29 is 19.1 Å². The number of carboxylic acid groups (broad SMARTS) is 1. The number of nitrogens with zero attached hydrogens (tertiary/aromatic N) is 3. The van der Waals surface area contributed by atoms with Gasteiger partial charge in [0.15, 0.2) is 11.6 Å².